The number of nitrogens with two attached hydrogens (primary N) is 1. The summed E-state index contributed by atoms with van der Waals surface area (Å²) in [5.74, 6) is 1.59. The first-order valence-corrected chi connectivity index (χ1v) is 6.70. The van der Waals surface area contributed by atoms with Crippen molar-refractivity contribution in [1.82, 2.24) is 15.0 Å². The number of anilines is 2. The Morgan fingerprint density at radius 1 is 1.11 bits per heavy atom. The van der Waals surface area contributed by atoms with Crippen molar-refractivity contribution in [1.29, 1.82) is 0 Å². The van der Waals surface area contributed by atoms with Crippen LogP contribution in [0.3, 0.4) is 0 Å². The maximum absolute atomic E-state index is 5.72. The quantitative estimate of drug-likeness (QED) is 0.865. The normalized spacial score (nSPS) is 19.9. The number of nitrogens with zero attached hydrogens (tertiary/aromatic N) is 4. The molecular weight excluding hydrogens is 230 g/mol. The van der Waals surface area contributed by atoms with Gasteiger partial charge in [0.15, 0.2) is 0 Å². The zero-order chi connectivity index (χ0) is 12.4. The van der Waals surface area contributed by atoms with Crippen LogP contribution >= 0.6 is 0 Å². The summed E-state index contributed by atoms with van der Waals surface area (Å²) in [7, 11) is 0. The third kappa shape index (κ3) is 2.80. The van der Waals surface area contributed by atoms with Crippen molar-refractivity contribution in [2.24, 2.45) is 5.92 Å². The minimum absolute atomic E-state index is 0.247. The van der Waals surface area contributed by atoms with Gasteiger partial charge in [-0.05, 0) is 38.0 Å². The summed E-state index contributed by atoms with van der Waals surface area (Å²) in [5, 5.41) is 0. The molecule has 2 N–H and O–H groups in total. The first-order chi connectivity index (χ1) is 8.81. The van der Waals surface area contributed by atoms with Crippen LogP contribution in [-0.2, 0) is 0 Å². The molecule has 6 heteroatoms. The molecule has 0 atom stereocenters. The van der Waals surface area contributed by atoms with Gasteiger partial charge in [-0.3, -0.25) is 0 Å². The molecule has 0 spiro atoms. The van der Waals surface area contributed by atoms with Crippen LogP contribution in [0.2, 0.25) is 0 Å². The Kier molecular flexibility index (Phi) is 3.17. The van der Waals surface area contributed by atoms with E-state index >= 15 is 0 Å². The second kappa shape index (κ2) is 4.96. The van der Waals surface area contributed by atoms with Crippen molar-refractivity contribution in [3.05, 3.63) is 0 Å². The molecule has 0 aromatic carbocycles. The predicted molar refractivity (Wildman–Crippen MR) is 68.5 cm³/mol. The number of piperidine rings is 1. The SMILES string of the molecule is Nc1nc(OCC2CC2)nc(N2CCCCC2)n1. The van der Waals surface area contributed by atoms with Gasteiger partial charge in [0.1, 0.15) is 0 Å². The molecule has 6 nitrogen and oxygen atoms in total. The van der Waals surface area contributed by atoms with E-state index in [1.165, 1.54) is 32.1 Å². The molecule has 1 aromatic heterocycles. The van der Waals surface area contributed by atoms with E-state index in [0.717, 1.165) is 13.1 Å². The largest absolute Gasteiger partial charge is 0.463 e. The Labute approximate surface area is 107 Å². The molecule has 1 saturated heterocycles. The smallest absolute Gasteiger partial charge is 0.323 e. The van der Waals surface area contributed by atoms with Gasteiger partial charge >= 0.3 is 6.01 Å². The van der Waals surface area contributed by atoms with Crippen molar-refractivity contribution in [3.8, 4) is 6.01 Å². The van der Waals surface area contributed by atoms with Crippen LogP contribution in [0.1, 0.15) is 32.1 Å². The van der Waals surface area contributed by atoms with Crippen molar-refractivity contribution >= 4 is 11.9 Å². The molecule has 1 aliphatic heterocycles. The van der Waals surface area contributed by atoms with Crippen LogP contribution in [0.4, 0.5) is 11.9 Å². The van der Waals surface area contributed by atoms with Crippen LogP contribution in [0.25, 0.3) is 0 Å². The molecule has 2 aliphatic rings. The van der Waals surface area contributed by atoms with Crippen molar-refractivity contribution in [2.45, 2.75) is 32.1 Å². The van der Waals surface area contributed by atoms with Gasteiger partial charge < -0.3 is 15.4 Å². The third-order valence-electron chi connectivity index (χ3n) is 3.40. The van der Waals surface area contributed by atoms with Crippen LogP contribution in [0.15, 0.2) is 0 Å². The average Bonchev–Trinajstić information content (AvgIpc) is 3.21. The molecule has 0 radical (unpaired) electrons. The second-order valence-electron chi connectivity index (χ2n) is 5.08. The van der Waals surface area contributed by atoms with Crippen LogP contribution < -0.4 is 15.4 Å². The van der Waals surface area contributed by atoms with Gasteiger partial charge in [0.25, 0.3) is 0 Å². The first kappa shape index (κ1) is 11.5. The minimum Gasteiger partial charge on any atom is -0.463 e. The van der Waals surface area contributed by atoms with E-state index in [-0.39, 0.29) is 5.95 Å². The minimum atomic E-state index is 0.247. The molecule has 2 heterocycles. The summed E-state index contributed by atoms with van der Waals surface area (Å²) < 4.78 is 5.57. The lowest BCUT2D eigenvalue weighted by molar-refractivity contribution is 0.276. The van der Waals surface area contributed by atoms with E-state index in [2.05, 4.69) is 19.9 Å². The fourth-order valence-corrected chi connectivity index (χ4v) is 2.14. The van der Waals surface area contributed by atoms with E-state index in [9.17, 15) is 0 Å². The Morgan fingerprint density at radius 3 is 2.61 bits per heavy atom. The molecule has 2 fully saturated rings. The summed E-state index contributed by atoms with van der Waals surface area (Å²) in [5.41, 5.74) is 5.72. The van der Waals surface area contributed by atoms with Gasteiger partial charge in [0.05, 0.1) is 6.61 Å². The number of hydrogen-bond donors (Lipinski definition) is 1. The molecule has 98 valence electrons. The highest BCUT2D eigenvalue weighted by Crippen LogP contribution is 2.29. The first-order valence-electron chi connectivity index (χ1n) is 6.70. The van der Waals surface area contributed by atoms with Crippen molar-refractivity contribution in [3.63, 3.8) is 0 Å². The topological polar surface area (TPSA) is 77.2 Å². The highest BCUT2D eigenvalue weighted by Gasteiger charge is 2.23. The van der Waals surface area contributed by atoms with Gasteiger partial charge in [-0.25, -0.2) is 0 Å². The average molecular weight is 249 g/mol. The molecule has 1 saturated carbocycles. The molecule has 1 aliphatic carbocycles. The van der Waals surface area contributed by atoms with E-state index in [1.54, 1.807) is 0 Å². The van der Waals surface area contributed by atoms with Crippen molar-refractivity contribution in [2.75, 3.05) is 30.3 Å². The van der Waals surface area contributed by atoms with E-state index in [0.29, 0.717) is 24.5 Å². The Morgan fingerprint density at radius 2 is 1.89 bits per heavy atom. The van der Waals surface area contributed by atoms with Gasteiger partial charge in [0, 0.05) is 13.1 Å². The maximum atomic E-state index is 5.72. The number of ether oxygens (including phenoxy) is 1. The van der Waals surface area contributed by atoms with Gasteiger partial charge in [-0.1, -0.05) is 0 Å². The summed E-state index contributed by atoms with van der Waals surface area (Å²) in [6.45, 7) is 2.68. The van der Waals surface area contributed by atoms with Crippen LogP contribution in [0, 0.1) is 5.92 Å². The molecule has 0 bridgehead atoms. The number of hydrogen-bond acceptors (Lipinski definition) is 6. The summed E-state index contributed by atoms with van der Waals surface area (Å²) in [6, 6.07) is 0.370. The zero-order valence-corrected chi connectivity index (χ0v) is 10.5. The Hall–Kier alpha value is -1.59. The number of rotatable bonds is 4. The van der Waals surface area contributed by atoms with E-state index < -0.39 is 0 Å². The Bertz CT molecular complexity index is 415. The fraction of sp³-hybridized carbons (Fsp3) is 0.750. The highest BCUT2D eigenvalue weighted by molar-refractivity contribution is 5.36. The number of aromatic nitrogens is 3. The zero-order valence-electron chi connectivity index (χ0n) is 10.5. The third-order valence-corrected chi connectivity index (χ3v) is 3.40. The second-order valence-corrected chi connectivity index (χ2v) is 5.08. The highest BCUT2D eigenvalue weighted by atomic mass is 16.5. The standard InChI is InChI=1S/C12H19N5O/c13-10-14-11(17-6-2-1-3-7-17)16-12(15-10)18-8-9-4-5-9/h9H,1-8H2,(H2,13,14,15,16). The lowest BCUT2D eigenvalue weighted by atomic mass is 10.1. The molecular formula is C12H19N5O. The summed E-state index contributed by atoms with van der Waals surface area (Å²) >= 11 is 0. The van der Waals surface area contributed by atoms with E-state index in [4.69, 9.17) is 10.5 Å². The van der Waals surface area contributed by atoms with Crippen LogP contribution in [-0.4, -0.2) is 34.6 Å². The van der Waals surface area contributed by atoms with Gasteiger partial charge in [-0.2, -0.15) is 15.0 Å². The molecule has 3 rings (SSSR count). The van der Waals surface area contributed by atoms with Crippen LogP contribution in [0.5, 0.6) is 6.01 Å². The molecule has 1 aromatic rings. The van der Waals surface area contributed by atoms with E-state index in [1.807, 2.05) is 0 Å². The maximum Gasteiger partial charge on any atom is 0.323 e. The number of nitrogen functional groups attached to an aromatic ring is 1. The Balaban J connectivity index is 1.71. The van der Waals surface area contributed by atoms with Crippen molar-refractivity contribution < 1.29 is 4.74 Å². The summed E-state index contributed by atoms with van der Waals surface area (Å²) in [6.07, 6.45) is 6.15. The van der Waals surface area contributed by atoms with Gasteiger partial charge in [-0.15, -0.1) is 0 Å². The summed E-state index contributed by atoms with van der Waals surface area (Å²) in [4.78, 5) is 14.8. The fourth-order valence-electron chi connectivity index (χ4n) is 2.14. The molecule has 0 unspecified atom stereocenters. The lowest BCUT2D eigenvalue weighted by Gasteiger charge is -2.26. The monoisotopic (exact) mass is 249 g/mol. The molecule has 18 heavy (non-hydrogen) atoms. The van der Waals surface area contributed by atoms with Gasteiger partial charge in [0.2, 0.25) is 11.9 Å². The predicted octanol–water partition coefficient (Wildman–Crippen LogP) is 1.23. The molecule has 0 amide bonds. The lowest BCUT2D eigenvalue weighted by Crippen LogP contribution is -2.31.